The molecule has 0 saturated carbocycles. The maximum atomic E-state index is 12.0. The molecule has 82 valence electrons. The molecule has 0 aliphatic carbocycles. The van der Waals surface area contributed by atoms with Gasteiger partial charge in [0.25, 0.3) is 0 Å². The average molecular weight is 216 g/mol. The van der Waals surface area contributed by atoms with Gasteiger partial charge in [-0.15, -0.1) is 0 Å². The fourth-order valence-electron chi connectivity index (χ4n) is 1.29. The Balaban J connectivity index is 2.65. The van der Waals surface area contributed by atoms with Crippen molar-refractivity contribution >= 4 is 5.78 Å². The monoisotopic (exact) mass is 216 g/mol. The largest absolute Gasteiger partial charge is 0.449 e. The highest BCUT2D eigenvalue weighted by atomic mass is 19.4. The second-order valence-electron chi connectivity index (χ2n) is 3.44. The Hall–Kier alpha value is -1.32. The van der Waals surface area contributed by atoms with Gasteiger partial charge in [0.15, 0.2) is 0 Å². The van der Waals surface area contributed by atoms with Crippen LogP contribution >= 0.6 is 0 Å². The molecule has 0 amide bonds. The zero-order valence-electron chi connectivity index (χ0n) is 8.21. The number of carbonyl (C=O) groups excluding carboxylic acids is 1. The van der Waals surface area contributed by atoms with Crippen LogP contribution < -0.4 is 0 Å². The van der Waals surface area contributed by atoms with Crippen LogP contribution in [0.25, 0.3) is 0 Å². The smallest absolute Gasteiger partial charge is 0.290 e. The number of hydrogen-bond donors (Lipinski definition) is 0. The van der Waals surface area contributed by atoms with Crippen molar-refractivity contribution < 1.29 is 18.0 Å². The van der Waals surface area contributed by atoms with Crippen LogP contribution in [0.5, 0.6) is 0 Å². The normalized spacial score (nSPS) is 13.6. The topological polar surface area (TPSA) is 17.1 Å². The molecule has 0 aliphatic heterocycles. The van der Waals surface area contributed by atoms with E-state index in [1.807, 2.05) is 0 Å². The standard InChI is InChI=1S/C11H11F3O/c1-8(7-10(15)11(12,13)14)9-5-3-2-4-6-9/h2-6,8H,7H2,1H3/t8-/m0/s1. The van der Waals surface area contributed by atoms with Gasteiger partial charge in [0, 0.05) is 6.42 Å². The zero-order valence-corrected chi connectivity index (χ0v) is 8.21. The van der Waals surface area contributed by atoms with E-state index in [0.29, 0.717) is 0 Å². The van der Waals surface area contributed by atoms with Gasteiger partial charge < -0.3 is 0 Å². The van der Waals surface area contributed by atoms with E-state index in [9.17, 15) is 18.0 Å². The molecule has 0 fully saturated rings. The predicted molar refractivity (Wildman–Crippen MR) is 50.5 cm³/mol. The van der Waals surface area contributed by atoms with Crippen molar-refractivity contribution in [3.63, 3.8) is 0 Å². The van der Waals surface area contributed by atoms with E-state index in [0.717, 1.165) is 5.56 Å². The fourth-order valence-corrected chi connectivity index (χ4v) is 1.29. The molecule has 1 atom stereocenters. The highest BCUT2D eigenvalue weighted by Gasteiger charge is 2.38. The predicted octanol–water partition coefficient (Wildman–Crippen LogP) is 3.31. The van der Waals surface area contributed by atoms with Crippen molar-refractivity contribution in [2.75, 3.05) is 0 Å². The summed E-state index contributed by atoms with van der Waals surface area (Å²) < 4.78 is 35.9. The van der Waals surface area contributed by atoms with E-state index in [1.165, 1.54) is 0 Å². The number of benzene rings is 1. The quantitative estimate of drug-likeness (QED) is 0.757. The second-order valence-corrected chi connectivity index (χ2v) is 3.44. The lowest BCUT2D eigenvalue weighted by Crippen LogP contribution is -2.24. The molecule has 15 heavy (non-hydrogen) atoms. The first-order valence-corrected chi connectivity index (χ1v) is 4.56. The minimum atomic E-state index is -4.72. The molecule has 1 aromatic rings. The van der Waals surface area contributed by atoms with Crippen molar-refractivity contribution in [2.45, 2.75) is 25.4 Å². The molecule has 0 spiro atoms. The van der Waals surface area contributed by atoms with Crippen LogP contribution in [0, 0.1) is 0 Å². The minimum Gasteiger partial charge on any atom is -0.290 e. The molecule has 4 heteroatoms. The summed E-state index contributed by atoms with van der Waals surface area (Å²) in [5.41, 5.74) is 0.745. The molecule has 0 saturated heterocycles. The average Bonchev–Trinajstić information content (AvgIpc) is 2.17. The lowest BCUT2D eigenvalue weighted by molar-refractivity contribution is -0.171. The van der Waals surface area contributed by atoms with Gasteiger partial charge in [-0.05, 0) is 11.5 Å². The number of alkyl halides is 3. The molecule has 1 nitrogen and oxygen atoms in total. The van der Waals surface area contributed by atoms with E-state index >= 15 is 0 Å². The van der Waals surface area contributed by atoms with Gasteiger partial charge in [-0.2, -0.15) is 13.2 Å². The Morgan fingerprint density at radius 1 is 1.27 bits per heavy atom. The summed E-state index contributed by atoms with van der Waals surface area (Å²) >= 11 is 0. The van der Waals surface area contributed by atoms with Gasteiger partial charge in [-0.3, -0.25) is 4.79 Å². The van der Waals surface area contributed by atoms with E-state index in [2.05, 4.69) is 0 Å². The summed E-state index contributed by atoms with van der Waals surface area (Å²) in [6.07, 6.45) is -5.21. The fraction of sp³-hybridized carbons (Fsp3) is 0.364. The summed E-state index contributed by atoms with van der Waals surface area (Å²) in [4.78, 5) is 10.7. The van der Waals surface area contributed by atoms with Crippen LogP contribution in [0.1, 0.15) is 24.8 Å². The molecular weight excluding hydrogens is 205 g/mol. The molecule has 1 aromatic carbocycles. The van der Waals surface area contributed by atoms with Crippen molar-refractivity contribution in [1.82, 2.24) is 0 Å². The third-order valence-corrected chi connectivity index (χ3v) is 2.18. The summed E-state index contributed by atoms with van der Waals surface area (Å²) in [5, 5.41) is 0. The van der Waals surface area contributed by atoms with Crippen molar-refractivity contribution in [2.24, 2.45) is 0 Å². The maximum Gasteiger partial charge on any atom is 0.449 e. The zero-order chi connectivity index (χ0) is 11.5. The molecule has 0 bridgehead atoms. The van der Waals surface area contributed by atoms with Crippen LogP contribution in [0.2, 0.25) is 0 Å². The van der Waals surface area contributed by atoms with Crippen molar-refractivity contribution in [1.29, 1.82) is 0 Å². The van der Waals surface area contributed by atoms with Crippen LogP contribution in [0.3, 0.4) is 0 Å². The lowest BCUT2D eigenvalue weighted by atomic mass is 9.96. The molecule has 0 N–H and O–H groups in total. The first kappa shape index (κ1) is 11.8. The second kappa shape index (κ2) is 4.47. The third kappa shape index (κ3) is 3.38. The Bertz CT molecular complexity index is 329. The van der Waals surface area contributed by atoms with Gasteiger partial charge in [0.2, 0.25) is 5.78 Å². The number of carbonyl (C=O) groups is 1. The van der Waals surface area contributed by atoms with Crippen LogP contribution in [-0.4, -0.2) is 12.0 Å². The molecule has 0 aliphatic rings. The molecule has 0 radical (unpaired) electrons. The van der Waals surface area contributed by atoms with Crippen LogP contribution in [0.4, 0.5) is 13.2 Å². The maximum absolute atomic E-state index is 12.0. The summed E-state index contributed by atoms with van der Waals surface area (Å²) in [6.45, 7) is 1.61. The van der Waals surface area contributed by atoms with Crippen LogP contribution in [0.15, 0.2) is 30.3 Å². The molecule has 0 aromatic heterocycles. The Kier molecular flexibility index (Phi) is 3.50. The SMILES string of the molecule is C[C@@H](CC(=O)C(F)(F)F)c1ccccc1. The van der Waals surface area contributed by atoms with E-state index < -0.39 is 24.3 Å². The molecular formula is C11H11F3O. The molecule has 0 unspecified atom stereocenters. The number of halogens is 3. The van der Waals surface area contributed by atoms with Gasteiger partial charge in [0.1, 0.15) is 0 Å². The number of Topliss-reactive ketones (excluding diaryl/α,β-unsaturated/α-hetero) is 1. The van der Waals surface area contributed by atoms with Crippen LogP contribution in [-0.2, 0) is 4.79 Å². The number of hydrogen-bond acceptors (Lipinski definition) is 1. The van der Waals surface area contributed by atoms with Crippen molar-refractivity contribution in [3.05, 3.63) is 35.9 Å². The summed E-state index contributed by atoms with van der Waals surface area (Å²) in [6, 6.07) is 8.69. The lowest BCUT2D eigenvalue weighted by Gasteiger charge is -2.12. The molecule has 0 heterocycles. The van der Waals surface area contributed by atoms with Crippen molar-refractivity contribution in [3.8, 4) is 0 Å². The van der Waals surface area contributed by atoms with E-state index in [4.69, 9.17) is 0 Å². The number of rotatable bonds is 3. The van der Waals surface area contributed by atoms with E-state index in [-0.39, 0.29) is 0 Å². The highest BCUT2D eigenvalue weighted by Crippen LogP contribution is 2.25. The van der Waals surface area contributed by atoms with Gasteiger partial charge in [0.05, 0.1) is 0 Å². The molecule has 1 rings (SSSR count). The Morgan fingerprint density at radius 3 is 2.27 bits per heavy atom. The first-order valence-electron chi connectivity index (χ1n) is 4.56. The minimum absolute atomic E-state index is 0.402. The van der Waals surface area contributed by atoms with Gasteiger partial charge >= 0.3 is 6.18 Å². The Morgan fingerprint density at radius 2 is 1.80 bits per heavy atom. The summed E-state index contributed by atoms with van der Waals surface area (Å²) in [7, 11) is 0. The van der Waals surface area contributed by atoms with Gasteiger partial charge in [-0.1, -0.05) is 37.3 Å². The van der Waals surface area contributed by atoms with Gasteiger partial charge in [-0.25, -0.2) is 0 Å². The summed E-state index contributed by atoms with van der Waals surface area (Å²) in [5.74, 6) is -2.07. The first-order chi connectivity index (χ1) is 6.91. The number of ketones is 1. The Labute approximate surface area is 85.9 Å². The van der Waals surface area contributed by atoms with E-state index in [1.54, 1.807) is 37.3 Å². The third-order valence-electron chi connectivity index (χ3n) is 2.18. The highest BCUT2D eigenvalue weighted by molar-refractivity contribution is 5.84.